The number of thiazole rings is 1. The van der Waals surface area contributed by atoms with Gasteiger partial charge in [0.25, 0.3) is 0 Å². The molecule has 0 bridgehead atoms. The van der Waals surface area contributed by atoms with Crippen molar-refractivity contribution in [1.82, 2.24) is 9.88 Å². The quantitative estimate of drug-likeness (QED) is 0.583. The molecule has 0 aliphatic carbocycles. The maximum absolute atomic E-state index is 12.8. The number of hydrogen-bond donors (Lipinski definition) is 1. The van der Waals surface area contributed by atoms with Gasteiger partial charge in [-0.05, 0) is 57.9 Å². The number of carbonyl (C=O) groups excluding carboxylic acids is 2. The van der Waals surface area contributed by atoms with Gasteiger partial charge in [-0.2, -0.15) is 0 Å². The number of likely N-dealkylation sites (tertiary alicyclic amines) is 1. The van der Waals surface area contributed by atoms with Crippen LogP contribution in [0.15, 0.2) is 48.5 Å². The molecule has 162 valence electrons. The predicted molar refractivity (Wildman–Crippen MR) is 124 cm³/mol. The molecule has 2 aromatic carbocycles. The van der Waals surface area contributed by atoms with Crippen LogP contribution in [-0.2, 0) is 9.53 Å². The van der Waals surface area contributed by atoms with Gasteiger partial charge < -0.3 is 15.0 Å². The van der Waals surface area contributed by atoms with E-state index < -0.39 is 5.60 Å². The topological polar surface area (TPSA) is 71.5 Å². The number of nitrogens with one attached hydrogen (secondary N) is 1. The normalized spacial score (nSPS) is 15.1. The Morgan fingerprint density at radius 3 is 2.55 bits per heavy atom. The zero-order valence-corrected chi connectivity index (χ0v) is 18.9. The minimum atomic E-state index is -0.514. The van der Waals surface area contributed by atoms with E-state index in [-0.39, 0.29) is 17.9 Å². The summed E-state index contributed by atoms with van der Waals surface area (Å²) >= 11 is 1.64. The summed E-state index contributed by atoms with van der Waals surface area (Å²) in [6, 6.07) is 15.9. The molecule has 1 fully saturated rings. The molecule has 0 spiro atoms. The third-order valence-corrected chi connectivity index (χ3v) is 6.27. The fourth-order valence-corrected chi connectivity index (χ4v) is 4.58. The second-order valence-electron chi connectivity index (χ2n) is 8.80. The monoisotopic (exact) mass is 437 g/mol. The number of hydrogen-bond acceptors (Lipinski definition) is 5. The van der Waals surface area contributed by atoms with Crippen molar-refractivity contribution >= 4 is 39.2 Å². The van der Waals surface area contributed by atoms with E-state index in [2.05, 4.69) is 11.4 Å². The average molecular weight is 438 g/mol. The van der Waals surface area contributed by atoms with Gasteiger partial charge in [0.2, 0.25) is 5.91 Å². The number of carbonyl (C=O) groups is 2. The molecule has 0 atom stereocenters. The second kappa shape index (κ2) is 8.67. The Morgan fingerprint density at radius 1 is 1.10 bits per heavy atom. The first-order valence-corrected chi connectivity index (χ1v) is 11.3. The number of ether oxygens (including phenoxy) is 1. The van der Waals surface area contributed by atoms with E-state index in [1.54, 1.807) is 16.2 Å². The first-order chi connectivity index (χ1) is 14.8. The van der Waals surface area contributed by atoms with Crippen molar-refractivity contribution < 1.29 is 14.3 Å². The van der Waals surface area contributed by atoms with Crippen molar-refractivity contribution in [1.29, 1.82) is 0 Å². The van der Waals surface area contributed by atoms with Gasteiger partial charge in [0.05, 0.1) is 10.2 Å². The maximum Gasteiger partial charge on any atom is 0.410 e. The summed E-state index contributed by atoms with van der Waals surface area (Å²) in [4.78, 5) is 31.4. The van der Waals surface area contributed by atoms with Crippen LogP contribution in [0.4, 0.5) is 10.5 Å². The van der Waals surface area contributed by atoms with Crippen LogP contribution in [0.5, 0.6) is 0 Å². The Morgan fingerprint density at radius 2 is 1.84 bits per heavy atom. The molecule has 0 radical (unpaired) electrons. The lowest BCUT2D eigenvalue weighted by molar-refractivity contribution is -0.121. The summed E-state index contributed by atoms with van der Waals surface area (Å²) in [6.45, 7) is 6.62. The molecule has 1 aromatic heterocycles. The first kappa shape index (κ1) is 21.3. The first-order valence-electron chi connectivity index (χ1n) is 10.5. The Balaban J connectivity index is 1.37. The van der Waals surface area contributed by atoms with Crippen molar-refractivity contribution in [3.05, 3.63) is 48.5 Å². The zero-order chi connectivity index (χ0) is 22.0. The summed E-state index contributed by atoms with van der Waals surface area (Å²) in [7, 11) is 0. The minimum absolute atomic E-state index is 0.00899. The number of rotatable bonds is 3. The molecular formula is C24H27N3O3S. The van der Waals surface area contributed by atoms with Crippen molar-refractivity contribution in [3.63, 3.8) is 0 Å². The smallest absolute Gasteiger partial charge is 0.410 e. The Bertz CT molecular complexity index is 1060. The lowest BCUT2D eigenvalue weighted by atomic mass is 9.96. The molecule has 6 nitrogen and oxygen atoms in total. The maximum atomic E-state index is 12.8. The largest absolute Gasteiger partial charge is 0.444 e. The standard InChI is InChI=1S/C24H27N3O3S/c1-24(2,3)30-23(29)27-13-11-16(12-14-27)21(28)25-18-8-6-7-17(15-18)22-26-19-9-4-5-10-20(19)31-22/h4-10,15-16H,11-14H2,1-3H3,(H,25,28). The van der Waals surface area contributed by atoms with Crippen molar-refractivity contribution in [2.75, 3.05) is 18.4 Å². The predicted octanol–water partition coefficient (Wildman–Crippen LogP) is 5.55. The lowest BCUT2D eigenvalue weighted by Crippen LogP contribution is -2.43. The van der Waals surface area contributed by atoms with Crippen LogP contribution >= 0.6 is 11.3 Å². The van der Waals surface area contributed by atoms with E-state index >= 15 is 0 Å². The summed E-state index contributed by atoms with van der Waals surface area (Å²) in [5.74, 6) is -0.130. The second-order valence-corrected chi connectivity index (χ2v) is 9.83. The summed E-state index contributed by atoms with van der Waals surface area (Å²) in [5, 5.41) is 3.97. The highest BCUT2D eigenvalue weighted by molar-refractivity contribution is 7.21. The molecule has 4 rings (SSSR count). The fraction of sp³-hybridized carbons (Fsp3) is 0.375. The molecule has 31 heavy (non-hydrogen) atoms. The van der Waals surface area contributed by atoms with Crippen molar-refractivity contribution in [2.24, 2.45) is 5.92 Å². The van der Waals surface area contributed by atoms with E-state index in [1.807, 2.05) is 63.2 Å². The van der Waals surface area contributed by atoms with Crippen LogP contribution in [0.25, 0.3) is 20.8 Å². The molecule has 7 heteroatoms. The molecule has 2 amide bonds. The summed E-state index contributed by atoms with van der Waals surface area (Å²) < 4.78 is 6.57. The fourth-order valence-electron chi connectivity index (χ4n) is 3.62. The van der Waals surface area contributed by atoms with E-state index in [0.29, 0.717) is 25.9 Å². The number of nitrogens with zero attached hydrogens (tertiary/aromatic N) is 2. The summed E-state index contributed by atoms with van der Waals surface area (Å²) in [5.41, 5.74) is 2.21. The molecule has 0 unspecified atom stereocenters. The van der Waals surface area contributed by atoms with Gasteiger partial charge in [0, 0.05) is 30.3 Å². The molecule has 1 saturated heterocycles. The Labute approximate surface area is 186 Å². The Hall–Kier alpha value is -2.93. The van der Waals surface area contributed by atoms with Gasteiger partial charge in [-0.15, -0.1) is 11.3 Å². The Kier molecular flexibility index (Phi) is 5.96. The number of aromatic nitrogens is 1. The van der Waals surface area contributed by atoms with Crippen molar-refractivity contribution in [3.8, 4) is 10.6 Å². The molecule has 3 aromatic rings. The van der Waals surface area contributed by atoms with Gasteiger partial charge in [0.1, 0.15) is 10.6 Å². The summed E-state index contributed by atoms with van der Waals surface area (Å²) in [6.07, 6.45) is 0.945. The third-order valence-electron chi connectivity index (χ3n) is 5.19. The van der Waals surface area contributed by atoms with Gasteiger partial charge in [0.15, 0.2) is 0 Å². The SMILES string of the molecule is CC(C)(C)OC(=O)N1CCC(C(=O)Nc2cccc(-c3nc4ccccc4s3)c2)CC1. The van der Waals surface area contributed by atoms with Crippen LogP contribution in [-0.4, -0.2) is 40.6 Å². The van der Waals surface area contributed by atoms with Gasteiger partial charge >= 0.3 is 6.09 Å². The van der Waals surface area contributed by atoms with E-state index in [4.69, 9.17) is 9.72 Å². The lowest BCUT2D eigenvalue weighted by Gasteiger charge is -2.32. The van der Waals surface area contributed by atoms with Crippen LogP contribution in [0, 0.1) is 5.92 Å². The van der Waals surface area contributed by atoms with E-state index in [1.165, 1.54) is 0 Å². The number of benzene rings is 2. The third kappa shape index (κ3) is 5.22. The van der Waals surface area contributed by atoms with Gasteiger partial charge in [-0.1, -0.05) is 24.3 Å². The molecule has 0 saturated carbocycles. The molecular weight excluding hydrogens is 410 g/mol. The van der Waals surface area contributed by atoms with Crippen LogP contribution < -0.4 is 5.32 Å². The van der Waals surface area contributed by atoms with E-state index in [9.17, 15) is 9.59 Å². The van der Waals surface area contributed by atoms with Crippen LogP contribution in [0.3, 0.4) is 0 Å². The number of piperidine rings is 1. The van der Waals surface area contributed by atoms with Crippen LogP contribution in [0.2, 0.25) is 0 Å². The molecule has 2 heterocycles. The number of fused-ring (bicyclic) bond motifs is 1. The molecule has 1 N–H and O–H groups in total. The van der Waals surface area contributed by atoms with Gasteiger partial charge in [-0.25, -0.2) is 9.78 Å². The van der Waals surface area contributed by atoms with E-state index in [0.717, 1.165) is 26.5 Å². The van der Waals surface area contributed by atoms with Crippen molar-refractivity contribution in [2.45, 2.75) is 39.2 Å². The molecule has 1 aliphatic heterocycles. The number of anilines is 1. The molecule has 1 aliphatic rings. The highest BCUT2D eigenvalue weighted by Crippen LogP contribution is 2.31. The average Bonchev–Trinajstić information content (AvgIpc) is 3.17. The zero-order valence-electron chi connectivity index (χ0n) is 18.1. The minimum Gasteiger partial charge on any atom is -0.444 e. The highest BCUT2D eigenvalue weighted by atomic mass is 32.1. The number of para-hydroxylation sites is 1. The van der Waals surface area contributed by atoms with Gasteiger partial charge in [-0.3, -0.25) is 4.79 Å². The highest BCUT2D eigenvalue weighted by Gasteiger charge is 2.30. The number of amides is 2. The van der Waals surface area contributed by atoms with Crippen LogP contribution in [0.1, 0.15) is 33.6 Å².